The average Bonchev–Trinajstić information content (AvgIpc) is 2.53. The Balaban J connectivity index is 2.31. The monoisotopic (exact) mass is 346 g/mol. The average molecular weight is 346 g/mol. The van der Waals surface area contributed by atoms with Crippen molar-refractivity contribution in [3.63, 3.8) is 0 Å². The van der Waals surface area contributed by atoms with Crippen LogP contribution in [0.1, 0.15) is 17.2 Å². The first-order valence-corrected chi connectivity index (χ1v) is 7.18. The molecule has 132 valence electrons. The van der Waals surface area contributed by atoms with Crippen LogP contribution in [0.15, 0.2) is 24.3 Å². The van der Waals surface area contributed by atoms with Crippen molar-refractivity contribution in [2.75, 3.05) is 13.2 Å². The molecular formula is C15H17F3N2O4. The Labute approximate surface area is 136 Å². The molecule has 0 radical (unpaired) electrons. The molecule has 1 aromatic carbocycles. The maximum atomic E-state index is 12.6. The van der Waals surface area contributed by atoms with Crippen molar-refractivity contribution in [2.45, 2.75) is 36.6 Å². The summed E-state index contributed by atoms with van der Waals surface area (Å²) in [5.74, 6) is 0. The van der Waals surface area contributed by atoms with Gasteiger partial charge in [0.05, 0.1) is 30.4 Å². The summed E-state index contributed by atoms with van der Waals surface area (Å²) in [7, 11) is 0. The highest BCUT2D eigenvalue weighted by Gasteiger charge is 2.44. The number of piperidine rings is 1. The summed E-state index contributed by atoms with van der Waals surface area (Å²) in [6.45, 7) is -0.813. The van der Waals surface area contributed by atoms with Crippen LogP contribution in [0, 0.1) is 11.3 Å². The molecule has 1 fully saturated rings. The number of rotatable bonds is 3. The highest BCUT2D eigenvalue weighted by Crippen LogP contribution is 2.32. The number of hydrogen-bond donors (Lipinski definition) is 4. The van der Waals surface area contributed by atoms with Gasteiger partial charge in [0.1, 0.15) is 18.2 Å². The predicted molar refractivity (Wildman–Crippen MR) is 75.4 cm³/mol. The lowest BCUT2D eigenvalue weighted by Crippen LogP contribution is -2.62. The zero-order chi connectivity index (χ0) is 18.1. The minimum absolute atomic E-state index is 0.220. The van der Waals surface area contributed by atoms with E-state index in [2.05, 4.69) is 0 Å². The Morgan fingerprint density at radius 1 is 1.17 bits per heavy atom. The van der Waals surface area contributed by atoms with Crippen LogP contribution >= 0.6 is 0 Å². The Hall–Kier alpha value is -1.70. The maximum absolute atomic E-state index is 12.6. The zero-order valence-electron chi connectivity index (χ0n) is 12.4. The van der Waals surface area contributed by atoms with Gasteiger partial charge in [0, 0.05) is 6.54 Å². The van der Waals surface area contributed by atoms with Crippen molar-refractivity contribution in [2.24, 2.45) is 0 Å². The summed E-state index contributed by atoms with van der Waals surface area (Å²) in [4.78, 5) is 1.27. The molecular weight excluding hydrogens is 329 g/mol. The molecule has 1 aliphatic heterocycles. The lowest BCUT2D eigenvalue weighted by Gasteiger charge is -2.44. The van der Waals surface area contributed by atoms with Crippen LogP contribution < -0.4 is 0 Å². The van der Waals surface area contributed by atoms with Gasteiger partial charge < -0.3 is 20.4 Å². The molecule has 6 nitrogen and oxygen atoms in total. The van der Waals surface area contributed by atoms with E-state index in [0.29, 0.717) is 0 Å². The molecule has 4 N–H and O–H groups in total. The number of nitriles is 1. The first kappa shape index (κ1) is 18.6. The van der Waals surface area contributed by atoms with Gasteiger partial charge in [0.15, 0.2) is 0 Å². The molecule has 0 aliphatic carbocycles. The summed E-state index contributed by atoms with van der Waals surface area (Å²) in [5.41, 5.74) is -0.643. The number of aliphatic hydroxyl groups is 4. The van der Waals surface area contributed by atoms with Crippen molar-refractivity contribution in [3.05, 3.63) is 35.4 Å². The van der Waals surface area contributed by atoms with E-state index in [4.69, 9.17) is 0 Å². The van der Waals surface area contributed by atoms with Gasteiger partial charge in [-0.1, -0.05) is 12.1 Å². The Morgan fingerprint density at radius 3 is 2.21 bits per heavy atom. The molecule has 0 spiro atoms. The summed E-state index contributed by atoms with van der Waals surface area (Å²) < 4.78 is 37.9. The summed E-state index contributed by atoms with van der Waals surface area (Å²) in [5, 5.41) is 48.2. The lowest BCUT2D eigenvalue weighted by atomic mass is 9.91. The van der Waals surface area contributed by atoms with Gasteiger partial charge in [-0.3, -0.25) is 4.90 Å². The van der Waals surface area contributed by atoms with Gasteiger partial charge >= 0.3 is 6.18 Å². The summed E-state index contributed by atoms with van der Waals surface area (Å²) >= 11 is 0. The van der Waals surface area contributed by atoms with Gasteiger partial charge in [0.25, 0.3) is 0 Å². The number of aliphatic hydroxyl groups excluding tert-OH is 4. The van der Waals surface area contributed by atoms with E-state index in [1.165, 1.54) is 4.90 Å². The highest BCUT2D eigenvalue weighted by molar-refractivity contribution is 5.30. The highest BCUT2D eigenvalue weighted by atomic mass is 19.4. The number of likely N-dealkylation sites (tertiary alicyclic amines) is 1. The third-order valence-electron chi connectivity index (χ3n) is 4.16. The van der Waals surface area contributed by atoms with Gasteiger partial charge in [-0.2, -0.15) is 18.4 Å². The Bertz CT molecular complexity index is 602. The van der Waals surface area contributed by atoms with Crippen molar-refractivity contribution >= 4 is 0 Å². The molecule has 5 atom stereocenters. The maximum Gasteiger partial charge on any atom is 0.416 e. The predicted octanol–water partition coefficient (Wildman–Crippen LogP) is 0.0293. The number of alkyl halides is 3. The molecule has 1 heterocycles. The molecule has 2 rings (SSSR count). The van der Waals surface area contributed by atoms with E-state index < -0.39 is 48.7 Å². The zero-order valence-corrected chi connectivity index (χ0v) is 12.4. The van der Waals surface area contributed by atoms with Crippen LogP contribution in [-0.4, -0.2) is 62.8 Å². The number of β-amino-alcohol motifs (C(OH)–C–C–N with tert-alkyl or cyclic N) is 1. The minimum atomic E-state index is -4.50. The van der Waals surface area contributed by atoms with Crippen molar-refractivity contribution in [3.8, 4) is 6.07 Å². The van der Waals surface area contributed by atoms with Gasteiger partial charge in [-0.15, -0.1) is 0 Å². The number of benzene rings is 1. The molecule has 1 aliphatic rings. The third-order valence-corrected chi connectivity index (χ3v) is 4.16. The fourth-order valence-corrected chi connectivity index (χ4v) is 2.82. The van der Waals surface area contributed by atoms with Crippen LogP contribution in [0.5, 0.6) is 0 Å². The first-order chi connectivity index (χ1) is 11.2. The topological polar surface area (TPSA) is 108 Å². The minimum Gasteiger partial charge on any atom is -0.395 e. The van der Waals surface area contributed by atoms with E-state index in [1.807, 2.05) is 6.07 Å². The molecule has 1 unspecified atom stereocenters. The van der Waals surface area contributed by atoms with Crippen LogP contribution in [-0.2, 0) is 6.18 Å². The second kappa shape index (κ2) is 7.04. The van der Waals surface area contributed by atoms with Crippen LogP contribution in [0.2, 0.25) is 0 Å². The Kier molecular flexibility index (Phi) is 5.47. The van der Waals surface area contributed by atoms with Gasteiger partial charge in [-0.05, 0) is 17.7 Å². The van der Waals surface area contributed by atoms with E-state index in [9.17, 15) is 38.9 Å². The molecule has 9 heteroatoms. The quantitative estimate of drug-likeness (QED) is 0.615. The molecule has 1 aromatic rings. The molecule has 0 bridgehead atoms. The summed E-state index contributed by atoms with van der Waals surface area (Å²) in [6.07, 6.45) is -8.84. The smallest absolute Gasteiger partial charge is 0.395 e. The van der Waals surface area contributed by atoms with E-state index >= 15 is 0 Å². The third kappa shape index (κ3) is 3.53. The second-order valence-electron chi connectivity index (χ2n) is 5.65. The Morgan fingerprint density at radius 2 is 1.75 bits per heavy atom. The first-order valence-electron chi connectivity index (χ1n) is 7.18. The molecule has 0 saturated carbocycles. The van der Waals surface area contributed by atoms with E-state index in [-0.39, 0.29) is 12.1 Å². The SMILES string of the molecule is N#CC(c1ccc(C(F)(F)F)cc1)N1C[C@H](O)[C@@H](O)[C@H](O)[C@H]1CO. The number of nitrogens with zero attached hydrogens (tertiary/aromatic N) is 2. The largest absolute Gasteiger partial charge is 0.416 e. The van der Waals surface area contributed by atoms with Crippen LogP contribution in [0.25, 0.3) is 0 Å². The van der Waals surface area contributed by atoms with Crippen LogP contribution in [0.3, 0.4) is 0 Å². The van der Waals surface area contributed by atoms with Crippen molar-refractivity contribution in [1.82, 2.24) is 4.90 Å². The lowest BCUT2D eigenvalue weighted by molar-refractivity contribution is -0.150. The van der Waals surface area contributed by atoms with Crippen molar-refractivity contribution in [1.29, 1.82) is 5.26 Å². The molecule has 24 heavy (non-hydrogen) atoms. The second-order valence-corrected chi connectivity index (χ2v) is 5.65. The fraction of sp³-hybridized carbons (Fsp3) is 0.533. The van der Waals surface area contributed by atoms with E-state index in [0.717, 1.165) is 24.3 Å². The number of halogens is 3. The van der Waals surface area contributed by atoms with E-state index in [1.54, 1.807) is 0 Å². The molecule has 1 saturated heterocycles. The fourth-order valence-electron chi connectivity index (χ4n) is 2.82. The summed E-state index contributed by atoms with van der Waals surface area (Å²) in [6, 6.07) is 3.70. The molecule has 0 amide bonds. The number of hydrogen-bond acceptors (Lipinski definition) is 6. The van der Waals surface area contributed by atoms with Crippen molar-refractivity contribution < 1.29 is 33.6 Å². The normalized spacial score (nSPS) is 29.9. The van der Waals surface area contributed by atoms with Gasteiger partial charge in [-0.25, -0.2) is 0 Å². The van der Waals surface area contributed by atoms with Gasteiger partial charge in [0.2, 0.25) is 0 Å². The van der Waals surface area contributed by atoms with Crippen LogP contribution in [0.4, 0.5) is 13.2 Å². The standard InChI is InChI=1S/C15H17F3N2O4/c16-15(17,18)9-3-1-8(2-4-9)10(5-19)20-6-12(22)14(24)13(23)11(20)7-21/h1-4,10-14,21-24H,6-7H2/t10?,11-,12+,13-,14-/m1/s1. The molecule has 0 aromatic heterocycles.